The molecule has 150 valence electrons. The predicted octanol–water partition coefficient (Wildman–Crippen LogP) is 4.17. The summed E-state index contributed by atoms with van der Waals surface area (Å²) in [5.41, 5.74) is 5.60. The molecule has 0 atom stereocenters. The second kappa shape index (κ2) is 7.55. The Labute approximate surface area is 174 Å². The van der Waals surface area contributed by atoms with Crippen LogP contribution in [0.4, 0.5) is 5.69 Å². The summed E-state index contributed by atoms with van der Waals surface area (Å²) < 4.78 is 1.64. The lowest BCUT2D eigenvalue weighted by Crippen LogP contribution is -2.19. The zero-order valence-corrected chi connectivity index (χ0v) is 17.4. The van der Waals surface area contributed by atoms with Crippen LogP contribution in [0.25, 0.3) is 22.0 Å². The summed E-state index contributed by atoms with van der Waals surface area (Å²) in [4.78, 5) is 34.3. The normalized spacial score (nSPS) is 10.9. The first-order valence-corrected chi connectivity index (χ1v) is 9.66. The van der Waals surface area contributed by atoms with E-state index in [2.05, 4.69) is 15.3 Å². The van der Waals surface area contributed by atoms with Crippen molar-refractivity contribution >= 4 is 22.5 Å². The van der Waals surface area contributed by atoms with Crippen LogP contribution in [-0.2, 0) is 7.05 Å². The third-order valence-corrected chi connectivity index (χ3v) is 5.15. The molecular weight excluding hydrogens is 376 g/mol. The molecule has 1 aromatic carbocycles. The van der Waals surface area contributed by atoms with E-state index in [1.807, 2.05) is 57.2 Å². The van der Waals surface area contributed by atoms with Gasteiger partial charge in [-0.05, 0) is 68.3 Å². The summed E-state index contributed by atoms with van der Waals surface area (Å²) in [7, 11) is 1.76. The molecule has 4 aromatic rings. The van der Waals surface area contributed by atoms with Gasteiger partial charge in [0.25, 0.3) is 11.5 Å². The highest BCUT2D eigenvalue weighted by Crippen LogP contribution is 2.27. The Kier molecular flexibility index (Phi) is 4.91. The molecule has 0 aliphatic carbocycles. The van der Waals surface area contributed by atoms with Crippen molar-refractivity contribution in [3.63, 3.8) is 0 Å². The molecule has 0 aliphatic rings. The summed E-state index contributed by atoms with van der Waals surface area (Å²) >= 11 is 0. The first-order valence-electron chi connectivity index (χ1n) is 9.66. The second-order valence-electron chi connectivity index (χ2n) is 7.45. The van der Waals surface area contributed by atoms with E-state index in [1.54, 1.807) is 29.9 Å². The van der Waals surface area contributed by atoms with Gasteiger partial charge < -0.3 is 9.88 Å². The molecule has 0 aliphatic heterocycles. The average molecular weight is 398 g/mol. The molecule has 0 saturated carbocycles. The van der Waals surface area contributed by atoms with Gasteiger partial charge in [0.15, 0.2) is 0 Å². The molecule has 0 unspecified atom stereocenters. The molecule has 4 rings (SSSR count). The maximum atomic E-state index is 13.1. The zero-order chi connectivity index (χ0) is 21.4. The Bertz CT molecular complexity index is 1360. The predicted molar refractivity (Wildman–Crippen MR) is 119 cm³/mol. The number of anilines is 1. The molecule has 30 heavy (non-hydrogen) atoms. The number of fused-ring (bicyclic) bond motifs is 1. The number of amides is 1. The van der Waals surface area contributed by atoms with E-state index in [0.717, 1.165) is 33.4 Å². The maximum Gasteiger partial charge on any atom is 0.274 e. The van der Waals surface area contributed by atoms with Crippen molar-refractivity contribution in [2.45, 2.75) is 20.8 Å². The van der Waals surface area contributed by atoms with E-state index in [4.69, 9.17) is 0 Å². The molecule has 6 nitrogen and oxygen atoms in total. The van der Waals surface area contributed by atoms with Crippen LogP contribution in [-0.4, -0.2) is 20.4 Å². The van der Waals surface area contributed by atoms with Crippen LogP contribution in [0.15, 0.2) is 59.5 Å². The van der Waals surface area contributed by atoms with Crippen molar-refractivity contribution in [1.82, 2.24) is 14.5 Å². The number of carbonyl (C=O) groups is 1. The van der Waals surface area contributed by atoms with Crippen molar-refractivity contribution in [1.29, 1.82) is 0 Å². The molecule has 1 N–H and O–H groups in total. The van der Waals surface area contributed by atoms with Gasteiger partial charge >= 0.3 is 0 Å². The Morgan fingerprint density at radius 2 is 1.77 bits per heavy atom. The summed E-state index contributed by atoms with van der Waals surface area (Å²) in [6, 6.07) is 14.6. The lowest BCUT2D eigenvalue weighted by atomic mass is 9.99. The average Bonchev–Trinajstić information content (AvgIpc) is 2.72. The second-order valence-corrected chi connectivity index (χ2v) is 7.45. The van der Waals surface area contributed by atoms with Gasteiger partial charge in [-0.25, -0.2) is 4.98 Å². The van der Waals surface area contributed by atoms with Crippen LogP contribution in [0.3, 0.4) is 0 Å². The molecule has 3 aromatic heterocycles. The number of hydrogen-bond donors (Lipinski definition) is 1. The van der Waals surface area contributed by atoms with Crippen molar-refractivity contribution in [3.8, 4) is 11.1 Å². The topological polar surface area (TPSA) is 76.9 Å². The molecule has 3 heterocycles. The zero-order valence-electron chi connectivity index (χ0n) is 17.4. The van der Waals surface area contributed by atoms with Crippen LogP contribution in [0.5, 0.6) is 0 Å². The summed E-state index contributed by atoms with van der Waals surface area (Å²) in [6.45, 7) is 5.68. The molecule has 0 spiro atoms. The van der Waals surface area contributed by atoms with Gasteiger partial charge in [0.05, 0.1) is 5.52 Å². The largest absolute Gasteiger partial charge is 0.321 e. The maximum absolute atomic E-state index is 13.1. The van der Waals surface area contributed by atoms with E-state index in [0.29, 0.717) is 16.9 Å². The first-order chi connectivity index (χ1) is 14.3. The molecule has 1 amide bonds. The number of pyridine rings is 3. The van der Waals surface area contributed by atoms with Gasteiger partial charge in [-0.3, -0.25) is 14.6 Å². The fourth-order valence-corrected chi connectivity index (χ4v) is 3.51. The first kappa shape index (κ1) is 19.5. The fraction of sp³-hybridized carbons (Fsp3) is 0.167. The third-order valence-electron chi connectivity index (χ3n) is 5.15. The van der Waals surface area contributed by atoms with Crippen LogP contribution < -0.4 is 10.9 Å². The molecular formula is C24H22N4O2. The lowest BCUT2D eigenvalue weighted by Gasteiger charge is -2.13. The minimum Gasteiger partial charge on any atom is -0.321 e. The minimum absolute atomic E-state index is 0.0972. The monoisotopic (exact) mass is 398 g/mol. The third kappa shape index (κ3) is 3.59. The van der Waals surface area contributed by atoms with E-state index in [-0.39, 0.29) is 11.5 Å². The van der Waals surface area contributed by atoms with E-state index < -0.39 is 0 Å². The minimum atomic E-state index is -0.292. The number of nitrogens with one attached hydrogen (secondary N) is 1. The number of hydrogen-bond acceptors (Lipinski definition) is 4. The lowest BCUT2D eigenvalue weighted by molar-refractivity contribution is 0.102. The number of nitrogens with zero attached hydrogens (tertiary/aromatic N) is 3. The molecule has 0 fully saturated rings. The standard InChI is InChI=1S/C24H22N4O2/c1-14-8-9-18(27-23(29)21-7-5-6-15(2)26-21)12-19(14)20-11-17-13-25-16(3)10-22(17)28(4)24(20)30/h5-13H,1-4H3,(H,27,29). The Hall–Kier alpha value is -3.80. The van der Waals surface area contributed by atoms with Crippen LogP contribution in [0, 0.1) is 20.8 Å². The quantitative estimate of drug-likeness (QED) is 0.562. The van der Waals surface area contributed by atoms with Crippen molar-refractivity contribution in [3.05, 3.63) is 87.7 Å². The van der Waals surface area contributed by atoms with Crippen LogP contribution in [0.2, 0.25) is 0 Å². The van der Waals surface area contributed by atoms with Crippen molar-refractivity contribution in [2.24, 2.45) is 7.05 Å². The Balaban J connectivity index is 1.77. The summed E-state index contributed by atoms with van der Waals surface area (Å²) in [5.74, 6) is -0.292. The summed E-state index contributed by atoms with van der Waals surface area (Å²) in [6.07, 6.45) is 1.78. The SMILES string of the molecule is Cc1cc2c(cn1)cc(-c1cc(NC(=O)c3cccc(C)n3)ccc1C)c(=O)n2C. The van der Waals surface area contributed by atoms with Gasteiger partial charge in [0.1, 0.15) is 5.69 Å². The van der Waals surface area contributed by atoms with Crippen molar-refractivity contribution in [2.75, 3.05) is 5.32 Å². The van der Waals surface area contributed by atoms with Crippen molar-refractivity contribution < 1.29 is 4.79 Å². The van der Waals surface area contributed by atoms with E-state index >= 15 is 0 Å². The summed E-state index contributed by atoms with van der Waals surface area (Å²) in [5, 5.41) is 3.76. The van der Waals surface area contributed by atoms with Gasteiger partial charge in [0, 0.05) is 41.3 Å². The van der Waals surface area contributed by atoms with Gasteiger partial charge in [0.2, 0.25) is 0 Å². The fourth-order valence-electron chi connectivity index (χ4n) is 3.51. The number of aromatic nitrogens is 3. The highest BCUT2D eigenvalue weighted by Gasteiger charge is 2.14. The van der Waals surface area contributed by atoms with E-state index in [1.165, 1.54) is 0 Å². The highest BCUT2D eigenvalue weighted by atomic mass is 16.2. The highest BCUT2D eigenvalue weighted by molar-refractivity contribution is 6.03. The molecule has 0 saturated heterocycles. The molecule has 0 radical (unpaired) electrons. The Morgan fingerprint density at radius 3 is 2.53 bits per heavy atom. The number of carbonyl (C=O) groups excluding carboxylic acids is 1. The van der Waals surface area contributed by atoms with Gasteiger partial charge in [-0.2, -0.15) is 0 Å². The number of rotatable bonds is 3. The van der Waals surface area contributed by atoms with E-state index in [9.17, 15) is 9.59 Å². The van der Waals surface area contributed by atoms with Gasteiger partial charge in [-0.1, -0.05) is 12.1 Å². The molecule has 6 heteroatoms. The smallest absolute Gasteiger partial charge is 0.274 e. The van der Waals surface area contributed by atoms with Crippen LogP contribution in [0.1, 0.15) is 27.4 Å². The van der Waals surface area contributed by atoms with Gasteiger partial charge in [-0.15, -0.1) is 0 Å². The Morgan fingerprint density at radius 1 is 0.967 bits per heavy atom. The number of aryl methyl sites for hydroxylation is 4. The van der Waals surface area contributed by atoms with Crippen LogP contribution >= 0.6 is 0 Å². The molecule has 0 bridgehead atoms. The number of benzene rings is 1.